The number of para-hydroxylation sites is 1. The minimum atomic E-state index is -0.413. The summed E-state index contributed by atoms with van der Waals surface area (Å²) in [5.74, 6) is -0.0419. The summed E-state index contributed by atoms with van der Waals surface area (Å²) in [6, 6.07) is 15.2. The third-order valence-corrected chi connectivity index (χ3v) is 6.23. The molecule has 3 rings (SSSR count). The summed E-state index contributed by atoms with van der Waals surface area (Å²) in [5, 5.41) is 0. The molecular formula is C24H31NO2S. The van der Waals surface area contributed by atoms with Crippen molar-refractivity contribution < 1.29 is 9.53 Å². The van der Waals surface area contributed by atoms with Crippen LogP contribution in [0.15, 0.2) is 52.3 Å². The molecule has 1 aliphatic heterocycles. The average Bonchev–Trinajstić information content (AvgIpc) is 2.63. The first-order valence-corrected chi connectivity index (χ1v) is 10.9. The molecular weight excluding hydrogens is 366 g/mol. The molecule has 1 saturated heterocycles. The van der Waals surface area contributed by atoms with Gasteiger partial charge in [0.25, 0.3) is 0 Å². The van der Waals surface area contributed by atoms with E-state index in [9.17, 15) is 4.79 Å². The Labute approximate surface area is 173 Å². The highest BCUT2D eigenvalue weighted by Gasteiger charge is 2.29. The molecule has 0 saturated carbocycles. The van der Waals surface area contributed by atoms with Gasteiger partial charge in [0.2, 0.25) is 0 Å². The minimum absolute atomic E-state index is 0.00892. The van der Waals surface area contributed by atoms with Gasteiger partial charge in [-0.25, -0.2) is 0 Å². The number of anilines is 1. The fourth-order valence-electron chi connectivity index (χ4n) is 3.58. The summed E-state index contributed by atoms with van der Waals surface area (Å²) in [4.78, 5) is 17.4. The largest absolute Gasteiger partial charge is 0.460 e. The van der Waals surface area contributed by atoms with E-state index in [4.69, 9.17) is 4.74 Å². The molecule has 0 amide bonds. The van der Waals surface area contributed by atoms with E-state index < -0.39 is 5.60 Å². The molecule has 0 aromatic heterocycles. The van der Waals surface area contributed by atoms with Crippen LogP contribution in [0.25, 0.3) is 0 Å². The smallest absolute Gasteiger partial charge is 0.309 e. The van der Waals surface area contributed by atoms with Crippen LogP contribution in [0.2, 0.25) is 0 Å². The molecule has 4 heteroatoms. The van der Waals surface area contributed by atoms with Crippen molar-refractivity contribution in [3.05, 3.63) is 53.6 Å². The minimum Gasteiger partial charge on any atom is -0.460 e. The molecule has 2 aromatic carbocycles. The van der Waals surface area contributed by atoms with Gasteiger partial charge in [0.1, 0.15) is 5.60 Å². The number of carbonyl (C=O) groups excluding carboxylic acids is 1. The van der Waals surface area contributed by atoms with Crippen molar-refractivity contribution in [1.29, 1.82) is 0 Å². The third-order valence-electron chi connectivity index (χ3n) is 4.99. The van der Waals surface area contributed by atoms with Crippen LogP contribution >= 0.6 is 11.8 Å². The quantitative estimate of drug-likeness (QED) is 0.591. The van der Waals surface area contributed by atoms with E-state index in [1.165, 1.54) is 26.6 Å². The van der Waals surface area contributed by atoms with Crippen LogP contribution in [-0.2, 0) is 9.53 Å². The number of rotatable bonds is 4. The maximum Gasteiger partial charge on any atom is 0.309 e. The molecule has 0 unspecified atom stereocenters. The first kappa shape index (κ1) is 20.8. The summed E-state index contributed by atoms with van der Waals surface area (Å²) in [7, 11) is 0. The van der Waals surface area contributed by atoms with Crippen molar-refractivity contribution in [3.8, 4) is 0 Å². The van der Waals surface area contributed by atoms with E-state index in [2.05, 4.69) is 61.2 Å². The van der Waals surface area contributed by atoms with Crippen LogP contribution in [0.1, 0.15) is 44.7 Å². The van der Waals surface area contributed by atoms with Gasteiger partial charge in [-0.3, -0.25) is 4.79 Å². The zero-order chi connectivity index (χ0) is 20.3. The summed E-state index contributed by atoms with van der Waals surface area (Å²) in [5.41, 5.74) is 3.45. The lowest BCUT2D eigenvalue weighted by Gasteiger charge is -2.34. The van der Waals surface area contributed by atoms with Gasteiger partial charge in [-0.05, 0) is 71.2 Å². The highest BCUT2D eigenvalue weighted by Crippen LogP contribution is 2.38. The molecule has 150 valence electrons. The number of ether oxygens (including phenoxy) is 1. The second kappa shape index (κ2) is 8.60. The van der Waals surface area contributed by atoms with E-state index in [1.54, 1.807) is 0 Å². The highest BCUT2D eigenvalue weighted by atomic mass is 32.2. The lowest BCUT2D eigenvalue weighted by atomic mass is 9.96. The Morgan fingerprint density at radius 2 is 1.71 bits per heavy atom. The summed E-state index contributed by atoms with van der Waals surface area (Å²) in [6.45, 7) is 11.9. The second-order valence-corrected chi connectivity index (χ2v) is 9.72. The summed E-state index contributed by atoms with van der Waals surface area (Å²) < 4.78 is 5.58. The number of piperidine rings is 1. The van der Waals surface area contributed by atoms with Crippen molar-refractivity contribution in [3.63, 3.8) is 0 Å². The SMILES string of the molecule is Cc1ccc(Sc2ccccc2N2CCC(C(=O)OC(C)(C)C)CC2)c(C)c1. The van der Waals surface area contributed by atoms with Crippen LogP contribution in [-0.4, -0.2) is 24.7 Å². The first-order valence-electron chi connectivity index (χ1n) is 10.0. The molecule has 0 radical (unpaired) electrons. The Balaban J connectivity index is 1.69. The predicted octanol–water partition coefficient (Wildman–Crippen LogP) is 6.01. The van der Waals surface area contributed by atoms with E-state index >= 15 is 0 Å². The molecule has 3 nitrogen and oxygen atoms in total. The molecule has 28 heavy (non-hydrogen) atoms. The van der Waals surface area contributed by atoms with Crippen molar-refractivity contribution in [2.45, 2.75) is 62.9 Å². The maximum absolute atomic E-state index is 12.4. The van der Waals surface area contributed by atoms with Gasteiger partial charge in [0.05, 0.1) is 11.6 Å². The first-order chi connectivity index (χ1) is 13.2. The van der Waals surface area contributed by atoms with E-state index in [1.807, 2.05) is 32.5 Å². The molecule has 1 aliphatic rings. The monoisotopic (exact) mass is 397 g/mol. The van der Waals surface area contributed by atoms with E-state index in [-0.39, 0.29) is 11.9 Å². The molecule has 2 aromatic rings. The number of carbonyl (C=O) groups is 1. The number of benzene rings is 2. The number of nitrogens with zero attached hydrogens (tertiary/aromatic N) is 1. The van der Waals surface area contributed by atoms with E-state index in [0.717, 1.165) is 25.9 Å². The zero-order valence-corrected chi connectivity index (χ0v) is 18.4. The molecule has 1 fully saturated rings. The number of aryl methyl sites for hydroxylation is 2. The number of esters is 1. The van der Waals surface area contributed by atoms with Gasteiger partial charge in [0, 0.05) is 22.9 Å². The topological polar surface area (TPSA) is 29.5 Å². The number of hydrogen-bond donors (Lipinski definition) is 0. The molecule has 0 N–H and O–H groups in total. The second-order valence-electron chi connectivity index (χ2n) is 8.63. The Bertz CT molecular complexity index is 833. The van der Waals surface area contributed by atoms with Gasteiger partial charge in [-0.2, -0.15) is 0 Å². The molecule has 0 aliphatic carbocycles. The van der Waals surface area contributed by atoms with Crippen LogP contribution in [0, 0.1) is 19.8 Å². The standard InChI is InChI=1S/C24H31NO2S/c1-17-10-11-21(18(2)16-17)28-22-9-7-6-8-20(22)25-14-12-19(13-15-25)23(26)27-24(3,4)5/h6-11,16,19H,12-15H2,1-5H3. The average molecular weight is 398 g/mol. The Kier molecular flexibility index (Phi) is 6.39. The fourth-order valence-corrected chi connectivity index (χ4v) is 4.62. The van der Waals surface area contributed by atoms with Crippen molar-refractivity contribution in [2.75, 3.05) is 18.0 Å². The lowest BCUT2D eigenvalue weighted by Crippen LogP contribution is -2.39. The Hall–Kier alpha value is -1.94. The van der Waals surface area contributed by atoms with Gasteiger partial charge in [0.15, 0.2) is 0 Å². The van der Waals surface area contributed by atoms with Crippen LogP contribution in [0.3, 0.4) is 0 Å². The molecule has 0 spiro atoms. The van der Waals surface area contributed by atoms with Crippen LogP contribution in [0.5, 0.6) is 0 Å². The predicted molar refractivity (Wildman–Crippen MR) is 117 cm³/mol. The third kappa shape index (κ3) is 5.32. The molecule has 0 atom stereocenters. The lowest BCUT2D eigenvalue weighted by molar-refractivity contribution is -0.160. The van der Waals surface area contributed by atoms with Crippen LogP contribution in [0.4, 0.5) is 5.69 Å². The van der Waals surface area contributed by atoms with Gasteiger partial charge < -0.3 is 9.64 Å². The Morgan fingerprint density at radius 3 is 2.36 bits per heavy atom. The van der Waals surface area contributed by atoms with Gasteiger partial charge in [-0.15, -0.1) is 0 Å². The molecule has 1 heterocycles. The van der Waals surface area contributed by atoms with Gasteiger partial charge in [-0.1, -0.05) is 41.6 Å². The van der Waals surface area contributed by atoms with Crippen molar-refractivity contribution in [1.82, 2.24) is 0 Å². The Morgan fingerprint density at radius 1 is 1.04 bits per heavy atom. The van der Waals surface area contributed by atoms with Crippen molar-refractivity contribution in [2.24, 2.45) is 5.92 Å². The fraction of sp³-hybridized carbons (Fsp3) is 0.458. The summed E-state index contributed by atoms with van der Waals surface area (Å²) in [6.07, 6.45) is 1.69. The van der Waals surface area contributed by atoms with Crippen LogP contribution < -0.4 is 4.90 Å². The molecule has 0 bridgehead atoms. The van der Waals surface area contributed by atoms with E-state index in [0.29, 0.717) is 0 Å². The number of hydrogen-bond acceptors (Lipinski definition) is 4. The highest BCUT2D eigenvalue weighted by molar-refractivity contribution is 7.99. The zero-order valence-electron chi connectivity index (χ0n) is 17.6. The maximum atomic E-state index is 12.4. The van der Waals surface area contributed by atoms with Gasteiger partial charge >= 0.3 is 5.97 Å². The normalized spacial score (nSPS) is 15.5. The van der Waals surface area contributed by atoms with Crippen molar-refractivity contribution >= 4 is 23.4 Å². The summed E-state index contributed by atoms with van der Waals surface area (Å²) >= 11 is 1.82.